The Balaban J connectivity index is 0. The minimum atomic E-state index is -0.187. The van der Waals surface area contributed by atoms with E-state index in [1.807, 2.05) is 0 Å². The maximum absolute atomic E-state index is 9.98. The molecule has 0 saturated carbocycles. The zero-order valence-corrected chi connectivity index (χ0v) is 16.5. The average molecular weight is 419 g/mol. The van der Waals surface area contributed by atoms with E-state index in [4.69, 9.17) is 0 Å². The van der Waals surface area contributed by atoms with E-state index in [-0.39, 0.29) is 42.6 Å². The standard InChI is InChI=1S/C9H12.2C5H8O2.Ru/c1-3-8-5-2-6-9(4-1)7-8;2*1-4(6)3-5(2)7;/h1-3,6,8-9H,4-5,7H2;2*3,6H,1-2H3;/q;;;+2/p-2/b;2*4-3-;/t8-,9+;;;/m0.../s1. The Kier molecular flexibility index (Phi) is 14.4. The van der Waals surface area contributed by atoms with E-state index in [9.17, 15) is 19.8 Å². The third-order valence-electron chi connectivity index (χ3n) is 3.11. The molecule has 2 aliphatic carbocycles. The van der Waals surface area contributed by atoms with Crippen molar-refractivity contribution in [3.05, 3.63) is 48.0 Å². The van der Waals surface area contributed by atoms with E-state index < -0.39 is 0 Å². The summed E-state index contributed by atoms with van der Waals surface area (Å²) in [5, 5.41) is 20.0. The molecule has 4 nitrogen and oxygen atoms in total. The molecule has 0 aromatic heterocycles. The number of carbonyl (C=O) groups is 2. The van der Waals surface area contributed by atoms with Gasteiger partial charge in [-0.2, -0.15) is 0 Å². The zero-order valence-electron chi connectivity index (χ0n) is 14.7. The topological polar surface area (TPSA) is 80.3 Å². The molecule has 2 atom stereocenters. The quantitative estimate of drug-likeness (QED) is 0.297. The second kappa shape index (κ2) is 13.9. The summed E-state index contributed by atoms with van der Waals surface area (Å²) >= 11 is 0. The molecule has 2 rings (SSSR count). The van der Waals surface area contributed by atoms with Crippen molar-refractivity contribution in [2.24, 2.45) is 11.8 Å². The van der Waals surface area contributed by atoms with Crippen LogP contribution in [0.25, 0.3) is 0 Å². The van der Waals surface area contributed by atoms with Crippen molar-refractivity contribution < 1.29 is 39.3 Å². The van der Waals surface area contributed by atoms with E-state index in [1.165, 1.54) is 47.0 Å². The molecule has 0 amide bonds. The normalized spacial score (nSPS) is 21.3. The van der Waals surface area contributed by atoms with Crippen LogP contribution in [0.5, 0.6) is 0 Å². The number of fused-ring (bicyclic) bond motifs is 2. The van der Waals surface area contributed by atoms with Crippen molar-refractivity contribution in [3.8, 4) is 0 Å². The van der Waals surface area contributed by atoms with Crippen LogP contribution in [0, 0.1) is 11.8 Å². The van der Waals surface area contributed by atoms with Gasteiger partial charge in [0.05, 0.1) is 0 Å². The van der Waals surface area contributed by atoms with Crippen LogP contribution in [0.2, 0.25) is 0 Å². The first kappa shape index (κ1) is 24.8. The Morgan fingerprint density at radius 1 is 0.833 bits per heavy atom. The molecule has 134 valence electrons. The fourth-order valence-electron chi connectivity index (χ4n) is 2.36. The molecule has 0 aromatic carbocycles. The number of allylic oxidation sites excluding steroid dienone is 8. The summed E-state index contributed by atoms with van der Waals surface area (Å²) in [6, 6.07) is 0. The van der Waals surface area contributed by atoms with Gasteiger partial charge >= 0.3 is 19.5 Å². The largest absolute Gasteiger partial charge is 2.00 e. The van der Waals surface area contributed by atoms with Gasteiger partial charge < -0.3 is 10.2 Å². The number of ketones is 2. The predicted molar refractivity (Wildman–Crippen MR) is 88.0 cm³/mol. The van der Waals surface area contributed by atoms with Gasteiger partial charge in [-0.3, -0.25) is 9.59 Å². The van der Waals surface area contributed by atoms with Crippen LogP contribution in [0.15, 0.2) is 48.0 Å². The Labute approximate surface area is 157 Å². The Morgan fingerprint density at radius 2 is 1.17 bits per heavy atom. The van der Waals surface area contributed by atoms with Gasteiger partial charge in [-0.25, -0.2) is 0 Å². The molecule has 5 heteroatoms. The SMILES string of the molecule is C1=C[C@H]2CC=C[C@@H](C1)C2.CC(=O)/C=C(/C)[O-].CC(=O)/C=C(/C)[O-].[Ru+2]. The Hall–Kier alpha value is -1.48. The summed E-state index contributed by atoms with van der Waals surface area (Å²) in [5.74, 6) is 1.02. The molecule has 0 unspecified atom stereocenters. The molecule has 0 fully saturated rings. The third-order valence-corrected chi connectivity index (χ3v) is 3.11. The van der Waals surface area contributed by atoms with Gasteiger partial charge in [-0.1, -0.05) is 38.2 Å². The summed E-state index contributed by atoms with van der Waals surface area (Å²) in [6.07, 6.45) is 15.5. The fourth-order valence-corrected chi connectivity index (χ4v) is 2.36. The molecule has 0 spiro atoms. The number of hydrogen-bond donors (Lipinski definition) is 0. The molecule has 2 bridgehead atoms. The number of carbonyl (C=O) groups excluding carboxylic acids is 2. The van der Waals surface area contributed by atoms with Crippen molar-refractivity contribution in [3.63, 3.8) is 0 Å². The fraction of sp³-hybridized carbons (Fsp3) is 0.474. The van der Waals surface area contributed by atoms with Crippen LogP contribution in [0.1, 0.15) is 47.0 Å². The van der Waals surface area contributed by atoms with Crippen molar-refractivity contribution in [2.75, 3.05) is 0 Å². The van der Waals surface area contributed by atoms with Gasteiger partial charge in [0, 0.05) is 0 Å². The number of hydrogen-bond acceptors (Lipinski definition) is 4. The summed E-state index contributed by atoms with van der Waals surface area (Å²) in [7, 11) is 0. The molecule has 0 radical (unpaired) electrons. The van der Waals surface area contributed by atoms with Crippen LogP contribution in [-0.4, -0.2) is 11.6 Å². The second-order valence-corrected chi connectivity index (χ2v) is 5.81. The summed E-state index contributed by atoms with van der Waals surface area (Å²) < 4.78 is 0. The third kappa shape index (κ3) is 15.4. The van der Waals surface area contributed by atoms with Crippen LogP contribution in [0.4, 0.5) is 0 Å². The minimum Gasteiger partial charge on any atom is -0.876 e. The minimum absolute atomic E-state index is 0. The summed E-state index contributed by atoms with van der Waals surface area (Å²) in [5.41, 5.74) is 0. The molecule has 0 N–H and O–H groups in total. The molecule has 0 aliphatic heterocycles. The first-order valence-corrected chi connectivity index (χ1v) is 7.75. The smallest absolute Gasteiger partial charge is 0.876 e. The van der Waals surface area contributed by atoms with Gasteiger partial charge in [0.25, 0.3) is 0 Å². The van der Waals surface area contributed by atoms with Gasteiger partial charge in [-0.05, 0) is 57.1 Å². The van der Waals surface area contributed by atoms with Gasteiger partial charge in [-0.15, -0.1) is 11.5 Å². The summed E-state index contributed by atoms with van der Waals surface area (Å²) in [4.78, 5) is 20.0. The Morgan fingerprint density at radius 3 is 1.33 bits per heavy atom. The average Bonchev–Trinajstić information content (AvgIpc) is 2.36. The zero-order chi connectivity index (χ0) is 17.8. The van der Waals surface area contributed by atoms with E-state index in [1.54, 1.807) is 0 Å². The van der Waals surface area contributed by atoms with Gasteiger partial charge in [0.1, 0.15) is 0 Å². The van der Waals surface area contributed by atoms with Crippen molar-refractivity contribution in [2.45, 2.75) is 47.0 Å². The van der Waals surface area contributed by atoms with Crippen LogP contribution in [0.3, 0.4) is 0 Å². The molecule has 2 aliphatic rings. The van der Waals surface area contributed by atoms with E-state index >= 15 is 0 Å². The molecular weight excluding hydrogens is 393 g/mol. The van der Waals surface area contributed by atoms with Crippen molar-refractivity contribution in [1.82, 2.24) is 0 Å². The van der Waals surface area contributed by atoms with Crippen molar-refractivity contribution >= 4 is 11.6 Å². The Bertz CT molecular complexity index is 461. The van der Waals surface area contributed by atoms with Gasteiger partial charge in [0.15, 0.2) is 11.6 Å². The molecule has 0 heterocycles. The number of rotatable bonds is 2. The van der Waals surface area contributed by atoms with Crippen molar-refractivity contribution in [1.29, 1.82) is 0 Å². The van der Waals surface area contributed by atoms with E-state index in [0.717, 1.165) is 24.0 Å². The summed E-state index contributed by atoms with van der Waals surface area (Å²) in [6.45, 7) is 5.39. The van der Waals surface area contributed by atoms with Crippen LogP contribution < -0.4 is 10.2 Å². The molecule has 0 saturated heterocycles. The predicted octanol–water partition coefficient (Wildman–Crippen LogP) is 2.21. The maximum Gasteiger partial charge on any atom is 2.00 e. The monoisotopic (exact) mass is 420 g/mol. The van der Waals surface area contributed by atoms with Crippen LogP contribution in [-0.2, 0) is 29.1 Å². The maximum atomic E-state index is 9.98. The molecule has 24 heavy (non-hydrogen) atoms. The molecular formula is C19H26O4Ru. The second-order valence-electron chi connectivity index (χ2n) is 5.81. The van der Waals surface area contributed by atoms with E-state index in [2.05, 4.69) is 24.3 Å². The van der Waals surface area contributed by atoms with E-state index in [0.29, 0.717) is 0 Å². The van der Waals surface area contributed by atoms with Crippen LogP contribution >= 0.6 is 0 Å². The van der Waals surface area contributed by atoms with Gasteiger partial charge in [0.2, 0.25) is 0 Å². The first-order chi connectivity index (χ1) is 10.7. The first-order valence-electron chi connectivity index (χ1n) is 7.75. The molecule has 0 aromatic rings.